The maximum atomic E-state index is 12.7. The lowest BCUT2D eigenvalue weighted by Gasteiger charge is -2.28. The third-order valence-electron chi connectivity index (χ3n) is 4.34. The second kappa shape index (κ2) is 10.4. The number of hydrogen-bond acceptors (Lipinski definition) is 2. The smallest absolute Gasteiger partial charge is 0.228 e. The van der Waals surface area contributed by atoms with Gasteiger partial charge in [-0.2, -0.15) is 0 Å². The average molecular weight is 536 g/mol. The molecule has 31 heavy (non-hydrogen) atoms. The van der Waals surface area contributed by atoms with Gasteiger partial charge < -0.3 is 16.0 Å². The van der Waals surface area contributed by atoms with Crippen LogP contribution >= 0.6 is 70.2 Å². The van der Waals surface area contributed by atoms with E-state index >= 15 is 0 Å². The van der Waals surface area contributed by atoms with Crippen LogP contribution in [0.2, 0.25) is 10.0 Å². The summed E-state index contributed by atoms with van der Waals surface area (Å²) in [6.45, 7) is 0. The molecule has 0 radical (unpaired) electrons. The Hall–Kier alpha value is -1.47. The molecule has 1 atom stereocenters. The summed E-state index contributed by atoms with van der Waals surface area (Å²) < 4.78 is -1.88. The van der Waals surface area contributed by atoms with Crippen molar-refractivity contribution >= 4 is 97.7 Å². The van der Waals surface area contributed by atoms with E-state index in [4.69, 9.17) is 70.2 Å². The first-order valence-electron chi connectivity index (χ1n) is 8.99. The highest BCUT2D eigenvalue weighted by atomic mass is 35.6. The number of anilines is 1. The van der Waals surface area contributed by atoms with Crippen molar-refractivity contribution in [2.24, 2.45) is 0 Å². The second-order valence-electron chi connectivity index (χ2n) is 6.55. The van der Waals surface area contributed by atoms with Gasteiger partial charge in [0.1, 0.15) is 6.17 Å². The van der Waals surface area contributed by atoms with Crippen molar-refractivity contribution in [1.82, 2.24) is 10.6 Å². The fraction of sp³-hybridized carbons (Fsp3) is 0.143. The van der Waals surface area contributed by atoms with E-state index in [-0.39, 0.29) is 17.4 Å². The van der Waals surface area contributed by atoms with E-state index in [1.54, 1.807) is 18.2 Å². The quantitative estimate of drug-likeness (QED) is 0.199. The van der Waals surface area contributed by atoms with Crippen molar-refractivity contribution in [2.75, 3.05) is 5.32 Å². The summed E-state index contributed by atoms with van der Waals surface area (Å²) in [6.07, 6.45) is -1.02. The number of thiocarbonyl (C=S) groups is 1. The van der Waals surface area contributed by atoms with Gasteiger partial charge in [0.15, 0.2) is 5.11 Å². The summed E-state index contributed by atoms with van der Waals surface area (Å²) in [5, 5.41) is 11.1. The number of carbonyl (C=O) groups is 1. The normalized spacial score (nSPS) is 12.3. The standard InChI is InChI=1S/C21H16Cl5N3OS/c22-15-9-4-10-16(23)18(15)28-20(31)29-19(21(24,25)26)27-17(30)11-13-7-3-6-12-5-1-2-8-14(12)13/h1-10,19H,11H2,(H,27,30)(H2,28,29,31). The molecule has 0 fully saturated rings. The van der Waals surface area contributed by atoms with Crippen LogP contribution in [0.15, 0.2) is 60.7 Å². The number of nitrogens with one attached hydrogen (secondary N) is 3. The lowest BCUT2D eigenvalue weighted by molar-refractivity contribution is -0.121. The third-order valence-corrected chi connectivity index (χ3v) is 5.84. The predicted molar refractivity (Wildman–Crippen MR) is 136 cm³/mol. The fourth-order valence-corrected chi connectivity index (χ4v) is 3.97. The molecule has 4 nitrogen and oxygen atoms in total. The minimum atomic E-state index is -1.88. The predicted octanol–water partition coefficient (Wildman–Crippen LogP) is 6.49. The minimum absolute atomic E-state index is 0.0665. The molecular formula is C21H16Cl5N3OS. The maximum absolute atomic E-state index is 12.7. The van der Waals surface area contributed by atoms with Gasteiger partial charge in [-0.1, -0.05) is 107 Å². The number of fused-ring (bicyclic) bond motifs is 1. The van der Waals surface area contributed by atoms with Crippen LogP contribution in [0.3, 0.4) is 0 Å². The second-order valence-corrected chi connectivity index (χ2v) is 10.1. The van der Waals surface area contributed by atoms with Gasteiger partial charge in [-0.3, -0.25) is 4.79 Å². The fourth-order valence-electron chi connectivity index (χ4n) is 2.93. The molecule has 0 bridgehead atoms. The molecule has 0 saturated carbocycles. The van der Waals surface area contributed by atoms with Gasteiger partial charge in [0.2, 0.25) is 9.70 Å². The van der Waals surface area contributed by atoms with Crippen molar-refractivity contribution in [3.63, 3.8) is 0 Å². The molecule has 0 saturated heterocycles. The van der Waals surface area contributed by atoms with Crippen molar-refractivity contribution in [1.29, 1.82) is 0 Å². The topological polar surface area (TPSA) is 53.2 Å². The zero-order valence-corrected chi connectivity index (χ0v) is 20.4. The van der Waals surface area contributed by atoms with E-state index in [0.717, 1.165) is 16.3 Å². The summed E-state index contributed by atoms with van der Waals surface area (Å²) in [5.41, 5.74) is 1.25. The molecule has 1 amide bonds. The van der Waals surface area contributed by atoms with E-state index in [2.05, 4.69) is 16.0 Å². The van der Waals surface area contributed by atoms with Gasteiger partial charge in [-0.15, -0.1) is 0 Å². The van der Waals surface area contributed by atoms with Crippen molar-refractivity contribution in [3.05, 3.63) is 76.3 Å². The van der Waals surface area contributed by atoms with Crippen LogP contribution in [-0.2, 0) is 11.2 Å². The average Bonchev–Trinajstić information content (AvgIpc) is 2.70. The Kier molecular flexibility index (Phi) is 8.14. The Balaban J connectivity index is 1.71. The molecule has 3 rings (SSSR count). The van der Waals surface area contributed by atoms with Gasteiger partial charge in [0.25, 0.3) is 0 Å². The third kappa shape index (κ3) is 6.51. The number of para-hydroxylation sites is 1. The van der Waals surface area contributed by atoms with Crippen molar-refractivity contribution in [2.45, 2.75) is 16.4 Å². The molecule has 0 aromatic heterocycles. The molecule has 3 aromatic carbocycles. The summed E-state index contributed by atoms with van der Waals surface area (Å²) in [6, 6.07) is 18.5. The zero-order valence-electron chi connectivity index (χ0n) is 15.8. The summed E-state index contributed by atoms with van der Waals surface area (Å²) in [7, 11) is 0. The molecule has 3 aromatic rings. The van der Waals surface area contributed by atoms with E-state index in [0.29, 0.717) is 15.7 Å². The molecule has 1 unspecified atom stereocenters. The lowest BCUT2D eigenvalue weighted by atomic mass is 10.0. The number of benzene rings is 3. The number of hydrogen-bond donors (Lipinski definition) is 3. The Morgan fingerprint density at radius 2 is 1.52 bits per heavy atom. The maximum Gasteiger partial charge on any atom is 0.228 e. The Bertz CT molecular complexity index is 1090. The van der Waals surface area contributed by atoms with Gasteiger partial charge in [-0.05, 0) is 40.7 Å². The minimum Gasteiger partial charge on any atom is -0.339 e. The SMILES string of the molecule is O=C(Cc1cccc2ccccc12)NC(NC(=S)Nc1c(Cl)cccc1Cl)C(Cl)(Cl)Cl. The first kappa shape index (κ1) is 24.2. The Labute approximate surface area is 210 Å². The molecular weight excluding hydrogens is 520 g/mol. The molecule has 0 aliphatic rings. The molecule has 162 valence electrons. The zero-order chi connectivity index (χ0) is 22.6. The van der Waals surface area contributed by atoms with Gasteiger partial charge in [-0.25, -0.2) is 0 Å². The van der Waals surface area contributed by atoms with Crippen LogP contribution in [0, 0.1) is 0 Å². The number of carbonyl (C=O) groups excluding carboxylic acids is 1. The molecule has 0 aliphatic carbocycles. The lowest BCUT2D eigenvalue weighted by Crippen LogP contribution is -2.56. The Morgan fingerprint density at radius 3 is 2.19 bits per heavy atom. The monoisotopic (exact) mass is 533 g/mol. The molecule has 10 heteroatoms. The van der Waals surface area contributed by atoms with E-state index in [1.165, 1.54) is 0 Å². The summed E-state index contributed by atoms with van der Waals surface area (Å²) in [5.74, 6) is -0.348. The van der Waals surface area contributed by atoms with Crippen molar-refractivity contribution in [3.8, 4) is 0 Å². The number of halogens is 5. The Morgan fingerprint density at radius 1 is 0.903 bits per heavy atom. The number of rotatable bonds is 5. The molecule has 0 spiro atoms. The first-order chi connectivity index (χ1) is 14.6. The summed E-state index contributed by atoms with van der Waals surface area (Å²) >= 11 is 35.8. The molecule has 0 aliphatic heterocycles. The van der Waals surface area contributed by atoms with Crippen LogP contribution in [0.1, 0.15) is 5.56 Å². The number of amides is 1. The van der Waals surface area contributed by atoms with Gasteiger partial charge in [0, 0.05) is 0 Å². The summed E-state index contributed by atoms with van der Waals surface area (Å²) in [4.78, 5) is 12.7. The van der Waals surface area contributed by atoms with E-state index < -0.39 is 9.96 Å². The molecule has 3 N–H and O–H groups in total. The van der Waals surface area contributed by atoms with Gasteiger partial charge >= 0.3 is 0 Å². The highest BCUT2D eigenvalue weighted by Gasteiger charge is 2.34. The highest BCUT2D eigenvalue weighted by Crippen LogP contribution is 2.31. The largest absolute Gasteiger partial charge is 0.339 e. The molecule has 0 heterocycles. The van der Waals surface area contributed by atoms with Crippen LogP contribution < -0.4 is 16.0 Å². The number of alkyl halides is 3. The van der Waals surface area contributed by atoms with E-state index in [9.17, 15) is 4.79 Å². The van der Waals surface area contributed by atoms with Crippen molar-refractivity contribution < 1.29 is 4.79 Å². The van der Waals surface area contributed by atoms with Crippen LogP contribution in [0.5, 0.6) is 0 Å². The van der Waals surface area contributed by atoms with Crippen LogP contribution in [-0.4, -0.2) is 21.0 Å². The van der Waals surface area contributed by atoms with E-state index in [1.807, 2.05) is 42.5 Å². The first-order valence-corrected chi connectivity index (χ1v) is 11.3. The van der Waals surface area contributed by atoms with Crippen LogP contribution in [0.4, 0.5) is 5.69 Å². The highest BCUT2D eigenvalue weighted by molar-refractivity contribution is 7.80. The van der Waals surface area contributed by atoms with Crippen LogP contribution in [0.25, 0.3) is 10.8 Å². The van der Waals surface area contributed by atoms with Gasteiger partial charge in [0.05, 0.1) is 22.2 Å².